The number of halogens is 2. The molecule has 0 saturated heterocycles. The van der Waals surface area contributed by atoms with Gasteiger partial charge in [-0.15, -0.1) is 0 Å². The topological polar surface area (TPSA) is 55.4 Å². The summed E-state index contributed by atoms with van der Waals surface area (Å²) in [4.78, 5) is 24.2. The molecule has 6 heteroatoms. The van der Waals surface area contributed by atoms with Crippen LogP contribution in [0, 0.1) is 0 Å². The van der Waals surface area contributed by atoms with Crippen molar-refractivity contribution in [2.45, 2.75) is 25.3 Å². The maximum Gasteiger partial charge on any atom is 0.328 e. The Labute approximate surface area is 157 Å². The van der Waals surface area contributed by atoms with Crippen molar-refractivity contribution in [2.75, 3.05) is 7.11 Å². The standard InChI is InChI=1S/C19H19Cl2NO3/c1-25-19(24)17(12-14-15(20)8-5-9-16(14)21)22-18(23)11-10-13-6-3-2-4-7-13/h2-9,17H,10-12H2,1H3,(H,22,23)/t17-/m0/s1. The summed E-state index contributed by atoms with van der Waals surface area (Å²) in [5.74, 6) is -0.772. The van der Waals surface area contributed by atoms with Crippen LogP contribution < -0.4 is 5.32 Å². The number of rotatable bonds is 7. The maximum atomic E-state index is 12.2. The molecule has 0 fully saturated rings. The molecule has 0 radical (unpaired) electrons. The highest BCUT2D eigenvalue weighted by atomic mass is 35.5. The molecule has 1 N–H and O–H groups in total. The van der Waals surface area contributed by atoms with Crippen molar-refractivity contribution in [1.29, 1.82) is 0 Å². The summed E-state index contributed by atoms with van der Waals surface area (Å²) in [6.07, 6.45) is 1.03. The molecule has 2 rings (SSSR count). The monoisotopic (exact) mass is 379 g/mol. The Hall–Kier alpha value is -2.04. The lowest BCUT2D eigenvalue weighted by Crippen LogP contribution is -2.43. The van der Waals surface area contributed by atoms with Crippen LogP contribution >= 0.6 is 23.2 Å². The average molecular weight is 380 g/mol. The van der Waals surface area contributed by atoms with E-state index in [2.05, 4.69) is 5.32 Å². The first-order valence-electron chi connectivity index (χ1n) is 7.85. The van der Waals surface area contributed by atoms with Gasteiger partial charge in [-0.2, -0.15) is 0 Å². The predicted octanol–water partition coefficient (Wildman–Crippen LogP) is 3.83. The van der Waals surface area contributed by atoms with Crippen LogP contribution in [0.1, 0.15) is 17.5 Å². The average Bonchev–Trinajstić information content (AvgIpc) is 2.62. The van der Waals surface area contributed by atoms with Gasteiger partial charge in [0.25, 0.3) is 0 Å². The van der Waals surface area contributed by atoms with Gasteiger partial charge in [0.05, 0.1) is 7.11 Å². The van der Waals surface area contributed by atoms with Crippen molar-refractivity contribution in [3.05, 3.63) is 69.7 Å². The minimum absolute atomic E-state index is 0.169. The zero-order chi connectivity index (χ0) is 18.2. The van der Waals surface area contributed by atoms with Gasteiger partial charge in [-0.1, -0.05) is 59.6 Å². The molecule has 0 aliphatic heterocycles. The summed E-state index contributed by atoms with van der Waals surface area (Å²) in [7, 11) is 1.28. The van der Waals surface area contributed by atoms with Crippen LogP contribution in [-0.2, 0) is 27.2 Å². The number of esters is 1. The number of amides is 1. The number of hydrogen-bond acceptors (Lipinski definition) is 3. The molecule has 1 amide bonds. The van der Waals surface area contributed by atoms with Crippen LogP contribution in [-0.4, -0.2) is 25.0 Å². The Morgan fingerprint density at radius 1 is 1.04 bits per heavy atom. The van der Waals surface area contributed by atoms with E-state index >= 15 is 0 Å². The molecule has 0 aliphatic carbocycles. The zero-order valence-corrected chi connectivity index (χ0v) is 15.3. The second-order valence-corrected chi connectivity index (χ2v) is 6.35. The molecule has 25 heavy (non-hydrogen) atoms. The van der Waals surface area contributed by atoms with E-state index in [0.29, 0.717) is 22.0 Å². The lowest BCUT2D eigenvalue weighted by Gasteiger charge is -2.18. The number of carbonyl (C=O) groups is 2. The van der Waals surface area contributed by atoms with E-state index in [1.54, 1.807) is 18.2 Å². The summed E-state index contributed by atoms with van der Waals surface area (Å²) in [6.45, 7) is 0. The molecule has 1 atom stereocenters. The molecular formula is C19H19Cl2NO3. The first-order chi connectivity index (χ1) is 12.0. The van der Waals surface area contributed by atoms with E-state index in [9.17, 15) is 9.59 Å². The smallest absolute Gasteiger partial charge is 0.328 e. The zero-order valence-electron chi connectivity index (χ0n) is 13.8. The first-order valence-corrected chi connectivity index (χ1v) is 8.61. The molecule has 132 valence electrons. The highest BCUT2D eigenvalue weighted by Gasteiger charge is 2.24. The molecule has 2 aromatic carbocycles. The summed E-state index contributed by atoms with van der Waals surface area (Å²) in [5.41, 5.74) is 1.66. The van der Waals surface area contributed by atoms with E-state index in [4.69, 9.17) is 27.9 Å². The van der Waals surface area contributed by atoms with Gasteiger partial charge in [-0.05, 0) is 29.7 Å². The highest BCUT2D eigenvalue weighted by molar-refractivity contribution is 6.36. The molecule has 0 aliphatic rings. The minimum atomic E-state index is -0.842. The maximum absolute atomic E-state index is 12.2. The molecule has 0 bridgehead atoms. The number of benzene rings is 2. The summed E-state index contributed by atoms with van der Waals surface area (Å²) in [6, 6.07) is 13.9. The molecule has 0 spiro atoms. The summed E-state index contributed by atoms with van der Waals surface area (Å²) >= 11 is 12.3. The Balaban J connectivity index is 2.02. The third kappa shape index (κ3) is 5.76. The first kappa shape index (κ1) is 19.3. The van der Waals surface area contributed by atoms with Crippen molar-refractivity contribution >= 4 is 35.1 Å². The van der Waals surface area contributed by atoms with Crippen LogP contribution in [0.15, 0.2) is 48.5 Å². The Morgan fingerprint density at radius 3 is 2.28 bits per heavy atom. The lowest BCUT2D eigenvalue weighted by atomic mass is 10.0. The third-order valence-corrected chi connectivity index (χ3v) is 4.48. The third-order valence-electron chi connectivity index (χ3n) is 3.77. The number of hydrogen-bond donors (Lipinski definition) is 1. The van der Waals surface area contributed by atoms with Crippen LogP contribution in [0.5, 0.6) is 0 Å². The van der Waals surface area contributed by atoms with Crippen molar-refractivity contribution in [2.24, 2.45) is 0 Å². The molecular weight excluding hydrogens is 361 g/mol. The Kier molecular flexibility index (Phi) is 7.29. The number of nitrogens with one attached hydrogen (secondary N) is 1. The molecule has 2 aromatic rings. The van der Waals surface area contributed by atoms with Crippen molar-refractivity contribution in [1.82, 2.24) is 5.32 Å². The van der Waals surface area contributed by atoms with Crippen LogP contribution in [0.3, 0.4) is 0 Å². The van der Waals surface area contributed by atoms with Crippen molar-refractivity contribution < 1.29 is 14.3 Å². The number of aryl methyl sites for hydroxylation is 1. The minimum Gasteiger partial charge on any atom is -0.467 e. The molecule has 0 heterocycles. The van der Waals surface area contributed by atoms with Gasteiger partial charge in [-0.3, -0.25) is 4.79 Å². The van der Waals surface area contributed by atoms with Gasteiger partial charge in [0.2, 0.25) is 5.91 Å². The fraction of sp³-hybridized carbons (Fsp3) is 0.263. The van der Waals surface area contributed by atoms with Gasteiger partial charge < -0.3 is 10.1 Å². The normalized spacial score (nSPS) is 11.6. The lowest BCUT2D eigenvalue weighted by molar-refractivity contribution is -0.145. The highest BCUT2D eigenvalue weighted by Crippen LogP contribution is 2.25. The van der Waals surface area contributed by atoms with Crippen LogP contribution in [0.25, 0.3) is 0 Å². The molecule has 0 unspecified atom stereocenters. The van der Waals surface area contributed by atoms with Crippen LogP contribution in [0.2, 0.25) is 10.0 Å². The van der Waals surface area contributed by atoms with Gasteiger partial charge in [0.15, 0.2) is 0 Å². The second-order valence-electron chi connectivity index (χ2n) is 5.53. The second kappa shape index (κ2) is 9.44. The van der Waals surface area contributed by atoms with Crippen molar-refractivity contribution in [3.63, 3.8) is 0 Å². The molecule has 0 saturated carbocycles. The summed E-state index contributed by atoms with van der Waals surface area (Å²) in [5, 5.41) is 3.60. The largest absolute Gasteiger partial charge is 0.467 e. The fourth-order valence-corrected chi connectivity index (χ4v) is 2.99. The summed E-state index contributed by atoms with van der Waals surface area (Å²) < 4.78 is 4.79. The van der Waals surface area contributed by atoms with Gasteiger partial charge >= 0.3 is 5.97 Å². The molecule has 4 nitrogen and oxygen atoms in total. The SMILES string of the molecule is COC(=O)[C@H](Cc1c(Cl)cccc1Cl)NC(=O)CCc1ccccc1. The Bertz CT molecular complexity index is 714. The van der Waals surface area contributed by atoms with Gasteiger partial charge in [0.1, 0.15) is 6.04 Å². The van der Waals surface area contributed by atoms with E-state index in [1.807, 2.05) is 30.3 Å². The number of ether oxygens (including phenoxy) is 1. The van der Waals surface area contributed by atoms with Crippen molar-refractivity contribution in [3.8, 4) is 0 Å². The van der Waals surface area contributed by atoms with Gasteiger partial charge in [0, 0.05) is 22.9 Å². The molecule has 0 aromatic heterocycles. The van der Waals surface area contributed by atoms with Crippen LogP contribution in [0.4, 0.5) is 0 Å². The number of carbonyl (C=O) groups excluding carboxylic acids is 2. The van der Waals surface area contributed by atoms with E-state index in [-0.39, 0.29) is 18.7 Å². The Morgan fingerprint density at radius 2 is 1.68 bits per heavy atom. The van der Waals surface area contributed by atoms with Gasteiger partial charge in [-0.25, -0.2) is 4.79 Å². The quantitative estimate of drug-likeness (QED) is 0.743. The predicted molar refractivity (Wildman–Crippen MR) is 98.9 cm³/mol. The van der Waals surface area contributed by atoms with E-state index in [0.717, 1.165) is 5.56 Å². The van der Waals surface area contributed by atoms with E-state index < -0.39 is 12.0 Å². The fourth-order valence-electron chi connectivity index (χ4n) is 2.44. The number of methoxy groups -OCH3 is 1. The van der Waals surface area contributed by atoms with E-state index in [1.165, 1.54) is 7.11 Å².